The highest BCUT2D eigenvalue weighted by molar-refractivity contribution is 7.98. The molecular formula is C16H23N3S. The highest BCUT2D eigenvalue weighted by Crippen LogP contribution is 2.28. The summed E-state index contributed by atoms with van der Waals surface area (Å²) in [5, 5.41) is 12.9. The van der Waals surface area contributed by atoms with Crippen molar-refractivity contribution in [2.45, 2.75) is 37.1 Å². The Balaban J connectivity index is 2.00. The van der Waals surface area contributed by atoms with Crippen molar-refractivity contribution in [3.05, 3.63) is 23.8 Å². The molecule has 1 fully saturated rings. The molecule has 0 atom stereocenters. The molecule has 1 saturated heterocycles. The van der Waals surface area contributed by atoms with Crippen molar-refractivity contribution in [2.75, 3.05) is 31.2 Å². The summed E-state index contributed by atoms with van der Waals surface area (Å²) in [7, 11) is 0. The van der Waals surface area contributed by atoms with Crippen molar-refractivity contribution >= 4 is 17.4 Å². The van der Waals surface area contributed by atoms with Gasteiger partial charge in [-0.25, -0.2) is 0 Å². The number of rotatable bonds is 5. The Bertz CT molecular complexity index is 473. The third-order valence-corrected chi connectivity index (χ3v) is 4.63. The Morgan fingerprint density at radius 3 is 2.75 bits per heavy atom. The minimum Gasteiger partial charge on any atom is -0.381 e. The zero-order valence-corrected chi connectivity index (χ0v) is 13.2. The van der Waals surface area contributed by atoms with Gasteiger partial charge in [-0.3, -0.25) is 0 Å². The van der Waals surface area contributed by atoms with Crippen LogP contribution in [0.25, 0.3) is 0 Å². The summed E-state index contributed by atoms with van der Waals surface area (Å²) in [6.45, 7) is 5.76. The van der Waals surface area contributed by atoms with Gasteiger partial charge in [-0.15, -0.1) is 11.8 Å². The third kappa shape index (κ3) is 3.68. The lowest BCUT2D eigenvalue weighted by Crippen LogP contribution is -2.39. The number of nitrogens with one attached hydrogen (secondary N) is 1. The van der Waals surface area contributed by atoms with Crippen LogP contribution in [-0.2, 0) is 0 Å². The monoisotopic (exact) mass is 289 g/mol. The van der Waals surface area contributed by atoms with E-state index in [1.54, 1.807) is 11.8 Å². The molecule has 1 aromatic rings. The molecular weight excluding hydrogens is 266 g/mol. The summed E-state index contributed by atoms with van der Waals surface area (Å²) in [5.41, 5.74) is 1.78. The zero-order chi connectivity index (χ0) is 14.4. The third-order valence-electron chi connectivity index (χ3n) is 3.84. The van der Waals surface area contributed by atoms with Gasteiger partial charge in [-0.2, -0.15) is 5.26 Å². The first-order valence-corrected chi connectivity index (χ1v) is 8.57. The lowest BCUT2D eigenvalue weighted by atomic mass is 10.0. The molecule has 0 bridgehead atoms. The van der Waals surface area contributed by atoms with Crippen LogP contribution >= 0.6 is 11.8 Å². The van der Waals surface area contributed by atoms with Crippen LogP contribution in [0.3, 0.4) is 0 Å². The topological polar surface area (TPSA) is 39.1 Å². The molecule has 0 amide bonds. The molecule has 0 spiro atoms. The Morgan fingerprint density at radius 2 is 2.15 bits per heavy atom. The molecule has 1 aliphatic rings. The quantitative estimate of drug-likeness (QED) is 0.841. The molecule has 2 rings (SSSR count). The first-order chi connectivity index (χ1) is 9.78. The molecule has 20 heavy (non-hydrogen) atoms. The van der Waals surface area contributed by atoms with Crippen molar-refractivity contribution in [3.8, 4) is 6.07 Å². The predicted molar refractivity (Wildman–Crippen MR) is 86.3 cm³/mol. The summed E-state index contributed by atoms with van der Waals surface area (Å²) < 4.78 is 0. The Labute approximate surface area is 126 Å². The maximum Gasteiger partial charge on any atom is 0.102 e. The van der Waals surface area contributed by atoms with Crippen LogP contribution in [-0.4, -0.2) is 36.8 Å². The van der Waals surface area contributed by atoms with Gasteiger partial charge in [-0.1, -0.05) is 13.0 Å². The molecule has 0 aromatic heterocycles. The first-order valence-electron chi connectivity index (χ1n) is 7.34. The average Bonchev–Trinajstić information content (AvgIpc) is 2.49. The summed E-state index contributed by atoms with van der Waals surface area (Å²) in [6, 6.07) is 8.90. The number of likely N-dealkylation sites (tertiary alicyclic amines) is 1. The number of piperidine rings is 1. The largest absolute Gasteiger partial charge is 0.381 e. The molecule has 1 aromatic carbocycles. The van der Waals surface area contributed by atoms with Gasteiger partial charge in [-0.05, 0) is 44.2 Å². The van der Waals surface area contributed by atoms with Gasteiger partial charge in [0.25, 0.3) is 0 Å². The van der Waals surface area contributed by atoms with Crippen molar-refractivity contribution in [1.82, 2.24) is 4.90 Å². The Morgan fingerprint density at radius 1 is 1.40 bits per heavy atom. The normalized spacial score (nSPS) is 16.9. The smallest absolute Gasteiger partial charge is 0.102 e. The molecule has 0 aliphatic carbocycles. The zero-order valence-electron chi connectivity index (χ0n) is 12.4. The summed E-state index contributed by atoms with van der Waals surface area (Å²) >= 11 is 1.63. The average molecular weight is 289 g/mol. The fourth-order valence-electron chi connectivity index (χ4n) is 2.77. The number of nitrogens with zero attached hydrogens (tertiary/aromatic N) is 2. The fraction of sp³-hybridized carbons (Fsp3) is 0.562. The molecule has 108 valence electrons. The van der Waals surface area contributed by atoms with E-state index >= 15 is 0 Å². The van der Waals surface area contributed by atoms with Crippen LogP contribution in [0.1, 0.15) is 31.7 Å². The summed E-state index contributed by atoms with van der Waals surface area (Å²) in [4.78, 5) is 3.59. The van der Waals surface area contributed by atoms with E-state index in [1.807, 2.05) is 24.5 Å². The maximum absolute atomic E-state index is 9.36. The predicted octanol–water partition coefficient (Wildman–Crippen LogP) is 3.57. The molecule has 3 nitrogen and oxygen atoms in total. The second kappa shape index (κ2) is 7.56. The van der Waals surface area contributed by atoms with E-state index < -0.39 is 0 Å². The first kappa shape index (κ1) is 15.2. The molecule has 1 N–H and O–H groups in total. The van der Waals surface area contributed by atoms with Crippen LogP contribution in [0, 0.1) is 11.3 Å². The van der Waals surface area contributed by atoms with Gasteiger partial charge in [0.2, 0.25) is 0 Å². The molecule has 1 heterocycles. The lowest BCUT2D eigenvalue weighted by Gasteiger charge is -2.32. The lowest BCUT2D eigenvalue weighted by molar-refractivity contribution is 0.219. The van der Waals surface area contributed by atoms with E-state index in [9.17, 15) is 5.26 Å². The van der Waals surface area contributed by atoms with E-state index in [0.29, 0.717) is 6.04 Å². The Hall–Kier alpha value is -1.18. The van der Waals surface area contributed by atoms with E-state index in [1.165, 1.54) is 13.0 Å². The van der Waals surface area contributed by atoms with E-state index in [4.69, 9.17) is 0 Å². The van der Waals surface area contributed by atoms with Gasteiger partial charge in [0.15, 0.2) is 0 Å². The van der Waals surface area contributed by atoms with Crippen LogP contribution in [0.2, 0.25) is 0 Å². The minimum absolute atomic E-state index is 0.493. The van der Waals surface area contributed by atoms with Crippen molar-refractivity contribution in [2.24, 2.45) is 0 Å². The number of hydrogen-bond donors (Lipinski definition) is 1. The number of anilines is 1. The second-order valence-electron chi connectivity index (χ2n) is 5.25. The summed E-state index contributed by atoms with van der Waals surface area (Å²) in [5.74, 6) is 0. The number of benzene rings is 1. The number of thioether (sulfide) groups is 1. The highest BCUT2D eigenvalue weighted by atomic mass is 32.2. The standard InChI is InChI=1S/C16H23N3S/c1-3-9-19-10-7-13(8-11-19)18-15-5-4-6-16(20-2)14(15)12-17/h4-6,13,18H,3,7-11H2,1-2H3. The van der Waals surface area contributed by atoms with Gasteiger partial charge in [0, 0.05) is 24.0 Å². The van der Waals surface area contributed by atoms with Gasteiger partial charge in [0.1, 0.15) is 6.07 Å². The van der Waals surface area contributed by atoms with Crippen molar-refractivity contribution in [1.29, 1.82) is 5.26 Å². The van der Waals surface area contributed by atoms with Gasteiger partial charge < -0.3 is 10.2 Å². The molecule has 0 unspecified atom stereocenters. The van der Waals surface area contributed by atoms with Crippen molar-refractivity contribution < 1.29 is 0 Å². The maximum atomic E-state index is 9.36. The molecule has 0 radical (unpaired) electrons. The van der Waals surface area contributed by atoms with Gasteiger partial charge in [0.05, 0.1) is 11.3 Å². The van der Waals surface area contributed by atoms with Crippen LogP contribution in [0.15, 0.2) is 23.1 Å². The second-order valence-corrected chi connectivity index (χ2v) is 6.10. The molecule has 0 saturated carbocycles. The highest BCUT2D eigenvalue weighted by Gasteiger charge is 2.19. The minimum atomic E-state index is 0.493. The molecule has 1 aliphatic heterocycles. The fourth-order valence-corrected chi connectivity index (χ4v) is 3.35. The Kier molecular flexibility index (Phi) is 5.75. The number of nitriles is 1. The van der Waals surface area contributed by atoms with Gasteiger partial charge >= 0.3 is 0 Å². The van der Waals surface area contributed by atoms with E-state index in [-0.39, 0.29) is 0 Å². The van der Waals surface area contributed by atoms with E-state index in [2.05, 4.69) is 23.2 Å². The van der Waals surface area contributed by atoms with Crippen LogP contribution < -0.4 is 5.32 Å². The van der Waals surface area contributed by atoms with Crippen LogP contribution in [0.4, 0.5) is 5.69 Å². The number of hydrogen-bond acceptors (Lipinski definition) is 4. The van der Waals surface area contributed by atoms with Crippen LogP contribution in [0.5, 0.6) is 0 Å². The summed E-state index contributed by atoms with van der Waals surface area (Å²) in [6.07, 6.45) is 5.57. The molecule has 4 heteroatoms. The van der Waals surface area contributed by atoms with Crippen molar-refractivity contribution in [3.63, 3.8) is 0 Å². The SMILES string of the molecule is CCCN1CCC(Nc2cccc(SC)c2C#N)CC1. The van der Waals surface area contributed by atoms with E-state index in [0.717, 1.165) is 42.1 Å².